The smallest absolute Gasteiger partial charge is 0.306 e. The van der Waals surface area contributed by atoms with Crippen LogP contribution in [0.25, 0.3) is 0 Å². The van der Waals surface area contributed by atoms with E-state index in [2.05, 4.69) is 98.9 Å². The number of hydrogen-bond acceptors (Lipinski definition) is 8. The molecule has 0 aromatic heterocycles. The van der Waals surface area contributed by atoms with E-state index in [9.17, 15) is 19.0 Å². The van der Waals surface area contributed by atoms with Crippen LogP contribution in [0.5, 0.6) is 0 Å². The lowest BCUT2D eigenvalue weighted by atomic mass is 10.0. The van der Waals surface area contributed by atoms with Crippen LogP contribution in [0.3, 0.4) is 0 Å². The van der Waals surface area contributed by atoms with Gasteiger partial charge >= 0.3 is 11.9 Å². The fourth-order valence-corrected chi connectivity index (χ4v) is 12.9. The van der Waals surface area contributed by atoms with Gasteiger partial charge in [0.2, 0.25) is 0 Å². The van der Waals surface area contributed by atoms with Gasteiger partial charge in [-0.15, -0.1) is 0 Å². The third-order valence-corrected chi connectivity index (χ3v) is 19.4. The van der Waals surface area contributed by atoms with Crippen LogP contribution in [-0.4, -0.2) is 70.0 Å². The fourth-order valence-electron chi connectivity index (χ4n) is 12.1. The zero-order chi connectivity index (χ0) is 69.7. The molecule has 0 saturated heterocycles. The van der Waals surface area contributed by atoms with Gasteiger partial charge in [0.1, 0.15) is 19.8 Å². The second-order valence-electron chi connectivity index (χ2n) is 29.1. The number of hydrogen-bond donors (Lipinski definition) is 0. The van der Waals surface area contributed by atoms with Crippen molar-refractivity contribution in [3.8, 4) is 0 Å². The van der Waals surface area contributed by atoms with E-state index < -0.39 is 26.5 Å². The van der Waals surface area contributed by atoms with Crippen molar-refractivity contribution in [2.75, 3.05) is 47.5 Å². The van der Waals surface area contributed by atoms with Crippen molar-refractivity contribution in [2.24, 2.45) is 0 Å². The van der Waals surface area contributed by atoms with Crippen molar-refractivity contribution in [3.05, 3.63) is 85.1 Å². The SMILES string of the molecule is CC/C=C\C/C=C\C/C=C\C/C=C\CCCCCCCCCCCCCCCCCCCCCCCCCCCCC(=O)OC(COC(=O)CCCCCCCCCCCCCCCCCCCC/C=C\C/C=C\C/C=C\CCCCCCC)COP(=O)([O-])OCC[N+](C)(C)C. The molecule has 0 radical (unpaired) electrons. The lowest BCUT2D eigenvalue weighted by Crippen LogP contribution is -2.37. The summed E-state index contributed by atoms with van der Waals surface area (Å²) in [6, 6.07) is 0. The van der Waals surface area contributed by atoms with E-state index in [1.807, 2.05) is 21.1 Å². The summed E-state index contributed by atoms with van der Waals surface area (Å²) in [7, 11) is 1.18. The number of phosphoric acid groups is 1. The maximum absolute atomic E-state index is 12.9. The third-order valence-electron chi connectivity index (χ3n) is 18.4. The lowest BCUT2D eigenvalue weighted by molar-refractivity contribution is -0.870. The largest absolute Gasteiger partial charge is 0.756 e. The molecule has 0 heterocycles. The summed E-state index contributed by atoms with van der Waals surface area (Å²) in [6.07, 6.45) is 106. The lowest BCUT2D eigenvalue weighted by Gasteiger charge is -2.28. The van der Waals surface area contributed by atoms with Crippen LogP contribution >= 0.6 is 7.82 Å². The Morgan fingerprint density at radius 2 is 0.594 bits per heavy atom. The van der Waals surface area contributed by atoms with E-state index in [4.69, 9.17) is 18.5 Å². The highest BCUT2D eigenvalue weighted by molar-refractivity contribution is 7.45. The maximum atomic E-state index is 12.9. The standard InChI is InChI=1S/C86H158NO8P/c1-6-8-10-12-14-16-18-20-22-24-26-28-30-32-34-36-38-40-41-42-43-44-45-47-49-51-53-55-57-59-61-63-65-67-69-71-73-75-77-79-86(89)95-84(83-94-96(90,91)93-81-80-87(3,4)5)82-92-85(88)78-76-74-72-70-68-66-64-62-60-58-56-54-52-50-48-46-39-37-35-33-31-29-27-25-23-21-19-17-15-13-11-9-7-2/h8,10,14,16,19-22,25-28,31,33,84H,6-7,9,11-13,15,17-18,23-24,29-30,32,34-83H2,1-5H3/b10-8-,16-14-,21-19-,22-20-,27-25-,28-26-,33-31-. The first-order valence-corrected chi connectivity index (χ1v) is 42.8. The van der Waals surface area contributed by atoms with Gasteiger partial charge in [-0.3, -0.25) is 14.2 Å². The number of ether oxygens (including phenoxy) is 2. The maximum Gasteiger partial charge on any atom is 0.306 e. The van der Waals surface area contributed by atoms with E-state index in [0.717, 1.165) is 70.6 Å². The molecule has 0 aromatic carbocycles. The van der Waals surface area contributed by atoms with Crippen LogP contribution in [0, 0.1) is 0 Å². The number of phosphoric ester groups is 1. The highest BCUT2D eigenvalue weighted by Gasteiger charge is 2.22. The fraction of sp³-hybridized carbons (Fsp3) is 0.814. The van der Waals surface area contributed by atoms with Crippen LogP contribution < -0.4 is 4.89 Å². The Morgan fingerprint density at radius 1 is 0.333 bits per heavy atom. The molecule has 0 aliphatic rings. The molecule has 0 amide bonds. The second-order valence-corrected chi connectivity index (χ2v) is 30.5. The topological polar surface area (TPSA) is 111 Å². The van der Waals surface area contributed by atoms with Crippen LogP contribution in [0.1, 0.15) is 399 Å². The van der Waals surface area contributed by atoms with Crippen molar-refractivity contribution < 1.29 is 42.1 Å². The summed E-state index contributed by atoms with van der Waals surface area (Å²) in [5.41, 5.74) is 0. The van der Waals surface area contributed by atoms with E-state index in [-0.39, 0.29) is 32.0 Å². The minimum atomic E-state index is -4.65. The number of carbonyl (C=O) groups excluding carboxylic acids is 2. The second kappa shape index (κ2) is 76.4. The van der Waals surface area contributed by atoms with Gasteiger partial charge in [0, 0.05) is 12.8 Å². The molecule has 0 spiro atoms. The molecule has 0 bridgehead atoms. The Hall–Kier alpha value is -2.81. The van der Waals surface area contributed by atoms with Crippen molar-refractivity contribution >= 4 is 19.8 Å². The quantitative estimate of drug-likeness (QED) is 0.0195. The monoisotopic (exact) mass is 1360 g/mol. The first kappa shape index (κ1) is 93.2. The summed E-state index contributed by atoms with van der Waals surface area (Å²) in [4.78, 5) is 38.2. The third kappa shape index (κ3) is 80.2. The minimum absolute atomic E-state index is 0.0296. The van der Waals surface area contributed by atoms with Gasteiger partial charge < -0.3 is 27.9 Å². The number of unbranched alkanes of at least 4 members (excludes halogenated alkanes) is 49. The molecule has 2 atom stereocenters. The normalized spacial score (nSPS) is 13.4. The number of allylic oxidation sites excluding steroid dienone is 14. The molecule has 0 fully saturated rings. The zero-order valence-corrected chi connectivity index (χ0v) is 65.0. The molecule has 9 nitrogen and oxygen atoms in total. The van der Waals surface area contributed by atoms with Gasteiger partial charge in [-0.2, -0.15) is 0 Å². The van der Waals surface area contributed by atoms with Crippen LogP contribution in [0.15, 0.2) is 85.1 Å². The zero-order valence-electron chi connectivity index (χ0n) is 64.1. The van der Waals surface area contributed by atoms with Gasteiger partial charge in [-0.05, 0) is 89.9 Å². The number of esters is 2. The average Bonchev–Trinajstić information content (AvgIpc) is 1.98. The number of carbonyl (C=O) groups is 2. The van der Waals surface area contributed by atoms with E-state index in [1.165, 1.54) is 295 Å². The van der Waals surface area contributed by atoms with Crippen molar-refractivity contribution in [1.82, 2.24) is 0 Å². The van der Waals surface area contributed by atoms with Gasteiger partial charge in [-0.1, -0.05) is 381 Å². The number of likely N-dealkylation sites (N-methyl/N-ethyl adjacent to an activating group) is 1. The molecule has 0 rings (SSSR count). The summed E-state index contributed by atoms with van der Waals surface area (Å²) in [5, 5.41) is 0. The highest BCUT2D eigenvalue weighted by Crippen LogP contribution is 2.38. The van der Waals surface area contributed by atoms with Crippen LogP contribution in [0.4, 0.5) is 0 Å². The Balaban J connectivity index is 3.90. The number of rotatable bonds is 77. The summed E-state index contributed by atoms with van der Waals surface area (Å²) >= 11 is 0. The average molecular weight is 1370 g/mol. The minimum Gasteiger partial charge on any atom is -0.756 e. The molecule has 96 heavy (non-hydrogen) atoms. The van der Waals surface area contributed by atoms with E-state index >= 15 is 0 Å². The Kier molecular flexibility index (Phi) is 74.1. The van der Waals surface area contributed by atoms with E-state index in [1.54, 1.807) is 0 Å². The Bertz CT molecular complexity index is 1900. The summed E-state index contributed by atoms with van der Waals surface area (Å²) < 4.78 is 34.4. The van der Waals surface area contributed by atoms with Crippen molar-refractivity contribution in [2.45, 2.75) is 405 Å². The van der Waals surface area contributed by atoms with Gasteiger partial charge in [0.05, 0.1) is 27.7 Å². The van der Waals surface area contributed by atoms with Gasteiger partial charge in [0.15, 0.2) is 6.10 Å². The number of quaternary nitrogens is 1. The molecule has 560 valence electrons. The van der Waals surface area contributed by atoms with Gasteiger partial charge in [-0.25, -0.2) is 0 Å². The first-order valence-electron chi connectivity index (χ1n) is 41.3. The first-order chi connectivity index (χ1) is 47.0. The molecule has 10 heteroatoms. The van der Waals surface area contributed by atoms with Crippen molar-refractivity contribution in [1.29, 1.82) is 0 Å². The van der Waals surface area contributed by atoms with Gasteiger partial charge in [0.25, 0.3) is 7.82 Å². The molecule has 0 aliphatic carbocycles. The van der Waals surface area contributed by atoms with E-state index in [0.29, 0.717) is 17.4 Å². The molecular formula is C86H158NO8P. The molecule has 2 unspecified atom stereocenters. The predicted octanol–water partition coefficient (Wildman–Crippen LogP) is 27.0. The predicted molar refractivity (Wildman–Crippen MR) is 416 cm³/mol. The highest BCUT2D eigenvalue weighted by atomic mass is 31.2. The van der Waals surface area contributed by atoms with Crippen LogP contribution in [-0.2, 0) is 32.7 Å². The summed E-state index contributed by atoms with van der Waals surface area (Å²) in [5.74, 6) is -0.812. The van der Waals surface area contributed by atoms with Crippen molar-refractivity contribution in [3.63, 3.8) is 0 Å². The molecule has 0 N–H and O–H groups in total. The Labute approximate surface area is 596 Å². The molecule has 0 saturated carbocycles. The summed E-state index contributed by atoms with van der Waals surface area (Å²) in [6.45, 7) is 4.18. The Morgan fingerprint density at radius 3 is 0.885 bits per heavy atom. The molecule has 0 aliphatic heterocycles. The van der Waals surface area contributed by atoms with Crippen LogP contribution in [0.2, 0.25) is 0 Å². The molecule has 0 aromatic rings. The molecular weight excluding hydrogens is 1210 g/mol. The number of nitrogens with zero attached hydrogens (tertiary/aromatic N) is 1.